The quantitative estimate of drug-likeness (QED) is 0.584. The summed E-state index contributed by atoms with van der Waals surface area (Å²) < 4.78 is 5.43. The molecule has 1 aromatic rings. The summed E-state index contributed by atoms with van der Waals surface area (Å²) in [6.07, 6.45) is 3.39. The van der Waals surface area contributed by atoms with Gasteiger partial charge in [-0.3, -0.25) is 9.78 Å². The normalized spacial score (nSPS) is 19.9. The van der Waals surface area contributed by atoms with Crippen LogP contribution in [0.1, 0.15) is 23.0 Å². The Morgan fingerprint density at radius 2 is 2.58 bits per heavy atom. The summed E-state index contributed by atoms with van der Waals surface area (Å²) in [6.45, 7) is 1.99. The summed E-state index contributed by atoms with van der Waals surface area (Å²) in [4.78, 5) is 14.5. The average molecular weight is 163 g/mol. The van der Waals surface area contributed by atoms with Crippen molar-refractivity contribution in [1.82, 2.24) is 4.98 Å². The SMILES string of the molecule is CC1Cc2ncc(C=O)cc2O1. The molecule has 0 radical (unpaired) electrons. The van der Waals surface area contributed by atoms with Crippen molar-refractivity contribution in [1.29, 1.82) is 0 Å². The molecule has 2 rings (SSSR count). The van der Waals surface area contributed by atoms with Gasteiger partial charge in [-0.25, -0.2) is 0 Å². The van der Waals surface area contributed by atoms with E-state index in [0.717, 1.165) is 24.2 Å². The van der Waals surface area contributed by atoms with Crippen molar-refractivity contribution in [3.05, 3.63) is 23.5 Å². The van der Waals surface area contributed by atoms with Crippen molar-refractivity contribution in [2.24, 2.45) is 0 Å². The van der Waals surface area contributed by atoms with Gasteiger partial charge in [0.05, 0.1) is 5.69 Å². The molecule has 3 heteroatoms. The molecule has 1 aliphatic rings. The first-order valence-electron chi connectivity index (χ1n) is 3.90. The van der Waals surface area contributed by atoms with E-state index in [0.29, 0.717) is 5.56 Å². The number of carbonyl (C=O) groups is 1. The lowest BCUT2D eigenvalue weighted by molar-refractivity contribution is 0.112. The Balaban J connectivity index is 2.41. The van der Waals surface area contributed by atoms with E-state index in [2.05, 4.69) is 4.98 Å². The van der Waals surface area contributed by atoms with Crippen LogP contribution in [0.4, 0.5) is 0 Å². The van der Waals surface area contributed by atoms with Gasteiger partial charge in [0.1, 0.15) is 11.9 Å². The molecule has 1 atom stereocenters. The molecule has 0 spiro atoms. The highest BCUT2D eigenvalue weighted by atomic mass is 16.5. The number of fused-ring (bicyclic) bond motifs is 1. The molecule has 0 amide bonds. The summed E-state index contributed by atoms with van der Waals surface area (Å²) in [5.41, 5.74) is 1.52. The molecule has 0 saturated carbocycles. The summed E-state index contributed by atoms with van der Waals surface area (Å²) in [5.74, 6) is 0.757. The van der Waals surface area contributed by atoms with Crippen molar-refractivity contribution < 1.29 is 9.53 Å². The van der Waals surface area contributed by atoms with Crippen LogP contribution in [0.25, 0.3) is 0 Å². The van der Waals surface area contributed by atoms with E-state index >= 15 is 0 Å². The van der Waals surface area contributed by atoms with Crippen molar-refractivity contribution in [2.45, 2.75) is 19.4 Å². The van der Waals surface area contributed by atoms with E-state index in [9.17, 15) is 4.79 Å². The topological polar surface area (TPSA) is 39.2 Å². The molecule has 1 aromatic heterocycles. The predicted molar refractivity (Wildman–Crippen MR) is 43.4 cm³/mol. The Labute approximate surface area is 70.4 Å². The van der Waals surface area contributed by atoms with E-state index in [4.69, 9.17) is 4.74 Å². The van der Waals surface area contributed by atoms with Crippen molar-refractivity contribution >= 4 is 6.29 Å². The van der Waals surface area contributed by atoms with E-state index in [1.807, 2.05) is 6.92 Å². The average Bonchev–Trinajstić information content (AvgIpc) is 2.43. The van der Waals surface area contributed by atoms with E-state index in [1.165, 1.54) is 0 Å². The lowest BCUT2D eigenvalue weighted by Gasteiger charge is -2.01. The number of hydrogen-bond acceptors (Lipinski definition) is 3. The second kappa shape index (κ2) is 2.59. The van der Waals surface area contributed by atoms with Crippen molar-refractivity contribution in [3.8, 4) is 5.75 Å². The fourth-order valence-corrected chi connectivity index (χ4v) is 1.34. The maximum absolute atomic E-state index is 10.4. The van der Waals surface area contributed by atoms with Crippen molar-refractivity contribution in [2.75, 3.05) is 0 Å². The molecule has 1 unspecified atom stereocenters. The van der Waals surface area contributed by atoms with Gasteiger partial charge < -0.3 is 4.74 Å². The monoisotopic (exact) mass is 163 g/mol. The minimum atomic E-state index is 0.189. The molecular weight excluding hydrogens is 154 g/mol. The highest BCUT2D eigenvalue weighted by Crippen LogP contribution is 2.26. The first-order chi connectivity index (χ1) is 5.79. The molecule has 2 heterocycles. The first kappa shape index (κ1) is 7.28. The van der Waals surface area contributed by atoms with Crippen LogP contribution >= 0.6 is 0 Å². The van der Waals surface area contributed by atoms with Gasteiger partial charge in [-0.2, -0.15) is 0 Å². The Morgan fingerprint density at radius 1 is 1.75 bits per heavy atom. The zero-order chi connectivity index (χ0) is 8.55. The zero-order valence-electron chi connectivity index (χ0n) is 6.78. The highest BCUT2D eigenvalue weighted by Gasteiger charge is 2.20. The molecule has 0 saturated heterocycles. The van der Waals surface area contributed by atoms with Crippen LogP contribution in [0.2, 0.25) is 0 Å². The third-order valence-electron chi connectivity index (χ3n) is 1.90. The number of rotatable bonds is 1. The smallest absolute Gasteiger partial charge is 0.151 e. The number of aromatic nitrogens is 1. The van der Waals surface area contributed by atoms with Gasteiger partial charge in [-0.05, 0) is 13.0 Å². The largest absolute Gasteiger partial charge is 0.488 e. The Bertz CT molecular complexity index is 322. The standard InChI is InChI=1S/C9H9NO2/c1-6-2-8-9(12-6)3-7(5-11)4-10-8/h3-6H,2H2,1H3. The van der Waals surface area contributed by atoms with Crippen LogP contribution in [0.5, 0.6) is 5.75 Å². The minimum absolute atomic E-state index is 0.189. The van der Waals surface area contributed by atoms with Crippen LogP contribution in [0, 0.1) is 0 Å². The lowest BCUT2D eigenvalue weighted by Crippen LogP contribution is -2.05. The minimum Gasteiger partial charge on any atom is -0.488 e. The number of hydrogen-bond donors (Lipinski definition) is 0. The fourth-order valence-electron chi connectivity index (χ4n) is 1.34. The van der Waals surface area contributed by atoms with Crippen LogP contribution in [-0.2, 0) is 6.42 Å². The van der Waals surface area contributed by atoms with E-state index in [1.54, 1.807) is 12.3 Å². The van der Waals surface area contributed by atoms with Gasteiger partial charge in [0, 0.05) is 18.2 Å². The molecule has 0 N–H and O–H groups in total. The maximum atomic E-state index is 10.4. The second-order valence-corrected chi connectivity index (χ2v) is 2.96. The molecular formula is C9H9NO2. The van der Waals surface area contributed by atoms with E-state index < -0.39 is 0 Å². The lowest BCUT2D eigenvalue weighted by atomic mass is 10.2. The molecule has 1 aliphatic heterocycles. The Morgan fingerprint density at radius 3 is 3.33 bits per heavy atom. The Kier molecular flexibility index (Phi) is 1.57. The van der Waals surface area contributed by atoms with Gasteiger partial charge in [0.15, 0.2) is 6.29 Å². The Hall–Kier alpha value is -1.38. The molecule has 0 aliphatic carbocycles. The highest BCUT2D eigenvalue weighted by molar-refractivity contribution is 5.75. The number of aldehydes is 1. The van der Waals surface area contributed by atoms with Crippen LogP contribution < -0.4 is 4.74 Å². The summed E-state index contributed by atoms with van der Waals surface area (Å²) in [6, 6.07) is 1.73. The summed E-state index contributed by atoms with van der Waals surface area (Å²) in [5, 5.41) is 0. The molecule has 0 aromatic carbocycles. The third kappa shape index (κ3) is 1.07. The number of nitrogens with zero attached hydrogens (tertiary/aromatic N) is 1. The van der Waals surface area contributed by atoms with Gasteiger partial charge in [-0.1, -0.05) is 0 Å². The predicted octanol–water partition coefficient (Wildman–Crippen LogP) is 1.22. The van der Waals surface area contributed by atoms with Gasteiger partial charge in [0.25, 0.3) is 0 Å². The second-order valence-electron chi connectivity index (χ2n) is 2.96. The fraction of sp³-hybridized carbons (Fsp3) is 0.333. The number of pyridine rings is 1. The van der Waals surface area contributed by atoms with E-state index in [-0.39, 0.29) is 6.10 Å². The van der Waals surface area contributed by atoms with Crippen LogP contribution in [0.15, 0.2) is 12.3 Å². The molecule has 0 bridgehead atoms. The molecule has 12 heavy (non-hydrogen) atoms. The van der Waals surface area contributed by atoms with Gasteiger partial charge >= 0.3 is 0 Å². The zero-order valence-corrected chi connectivity index (χ0v) is 6.78. The van der Waals surface area contributed by atoms with Crippen LogP contribution in [0.3, 0.4) is 0 Å². The summed E-state index contributed by atoms with van der Waals surface area (Å²) >= 11 is 0. The maximum Gasteiger partial charge on any atom is 0.151 e. The summed E-state index contributed by atoms with van der Waals surface area (Å²) in [7, 11) is 0. The number of ether oxygens (including phenoxy) is 1. The third-order valence-corrected chi connectivity index (χ3v) is 1.90. The van der Waals surface area contributed by atoms with Crippen molar-refractivity contribution in [3.63, 3.8) is 0 Å². The molecule has 0 fully saturated rings. The van der Waals surface area contributed by atoms with Crippen LogP contribution in [-0.4, -0.2) is 17.4 Å². The molecule has 62 valence electrons. The van der Waals surface area contributed by atoms with Gasteiger partial charge in [-0.15, -0.1) is 0 Å². The van der Waals surface area contributed by atoms with Gasteiger partial charge in [0.2, 0.25) is 0 Å². The first-order valence-corrected chi connectivity index (χ1v) is 3.90. The molecule has 3 nitrogen and oxygen atoms in total. The number of carbonyl (C=O) groups excluding carboxylic acids is 1.